The van der Waals surface area contributed by atoms with E-state index in [2.05, 4.69) is 10.5 Å². The zero-order valence-electron chi connectivity index (χ0n) is 11.8. The molecule has 0 heterocycles. The molecule has 5 nitrogen and oxygen atoms in total. The lowest BCUT2D eigenvalue weighted by atomic mass is 10.0. The largest absolute Gasteiger partial charge is 0.506 e. The van der Waals surface area contributed by atoms with Crippen molar-refractivity contribution < 1.29 is 9.90 Å². The second-order valence-corrected chi connectivity index (χ2v) is 5.30. The number of halogens is 1. The van der Waals surface area contributed by atoms with Crippen LogP contribution in [-0.2, 0) is 0 Å². The fourth-order valence-electron chi connectivity index (χ4n) is 2.33. The molecular weight excluding hydrogens is 316 g/mol. The number of hydrogen-bond acceptors (Lipinski definition) is 4. The first kappa shape index (κ1) is 15.0. The van der Waals surface area contributed by atoms with Crippen molar-refractivity contribution in [1.29, 1.82) is 0 Å². The van der Waals surface area contributed by atoms with E-state index >= 15 is 0 Å². The highest BCUT2D eigenvalue weighted by atomic mass is 35.5. The Morgan fingerprint density at radius 3 is 2.52 bits per heavy atom. The molecule has 0 saturated carbocycles. The van der Waals surface area contributed by atoms with Crippen LogP contribution in [-0.4, -0.2) is 11.0 Å². The molecule has 0 spiro atoms. The predicted molar refractivity (Wildman–Crippen MR) is 90.5 cm³/mol. The summed E-state index contributed by atoms with van der Waals surface area (Å²) >= 11 is 6.18. The number of amides is 1. The van der Waals surface area contributed by atoms with Crippen molar-refractivity contribution in [1.82, 2.24) is 0 Å². The van der Waals surface area contributed by atoms with Gasteiger partial charge in [-0.2, -0.15) is 0 Å². The quantitative estimate of drug-likeness (QED) is 0.675. The molecule has 0 saturated heterocycles. The van der Waals surface area contributed by atoms with Crippen molar-refractivity contribution in [2.45, 2.75) is 0 Å². The number of carbonyl (C=O) groups is 1. The average molecular weight is 327 g/mol. The van der Waals surface area contributed by atoms with Crippen LogP contribution in [0.2, 0.25) is 5.02 Å². The van der Waals surface area contributed by atoms with E-state index < -0.39 is 5.91 Å². The second-order valence-electron chi connectivity index (χ2n) is 4.90. The van der Waals surface area contributed by atoms with E-state index in [1.165, 1.54) is 18.2 Å². The van der Waals surface area contributed by atoms with Crippen LogP contribution in [0.4, 0.5) is 11.4 Å². The fraction of sp³-hybridized carbons (Fsp3) is 0. The van der Waals surface area contributed by atoms with Gasteiger partial charge in [0.25, 0.3) is 5.91 Å². The van der Waals surface area contributed by atoms with Crippen LogP contribution in [0.15, 0.2) is 59.8 Å². The Kier molecular flexibility index (Phi) is 3.95. The molecule has 0 aliphatic rings. The number of rotatable bonds is 3. The van der Waals surface area contributed by atoms with Gasteiger partial charge in [-0.05, 0) is 29.4 Å². The lowest BCUT2D eigenvalue weighted by Gasteiger charge is -2.10. The molecule has 3 rings (SSSR count). The number of nitroso groups, excluding NO2 is 1. The summed E-state index contributed by atoms with van der Waals surface area (Å²) in [5, 5.41) is 17.3. The van der Waals surface area contributed by atoms with Gasteiger partial charge in [0.2, 0.25) is 0 Å². The third-order valence-electron chi connectivity index (χ3n) is 3.42. The number of anilines is 1. The van der Waals surface area contributed by atoms with Gasteiger partial charge in [-0.3, -0.25) is 4.79 Å². The van der Waals surface area contributed by atoms with E-state index in [0.717, 1.165) is 0 Å². The van der Waals surface area contributed by atoms with Crippen LogP contribution >= 0.6 is 11.6 Å². The second kappa shape index (κ2) is 6.06. The minimum absolute atomic E-state index is 0.0539. The summed E-state index contributed by atoms with van der Waals surface area (Å²) in [6, 6.07) is 14.6. The molecule has 2 N–H and O–H groups in total. The van der Waals surface area contributed by atoms with Crippen molar-refractivity contribution in [2.75, 3.05) is 5.32 Å². The number of phenolic OH excluding ortho intramolecular Hbond substituents is 1. The van der Waals surface area contributed by atoms with E-state index in [1.54, 1.807) is 36.4 Å². The van der Waals surface area contributed by atoms with Gasteiger partial charge >= 0.3 is 0 Å². The Labute approximate surface area is 136 Å². The van der Waals surface area contributed by atoms with Gasteiger partial charge in [-0.1, -0.05) is 41.9 Å². The van der Waals surface area contributed by atoms with E-state index in [1.807, 2.05) is 0 Å². The maximum Gasteiger partial charge on any atom is 0.259 e. The van der Waals surface area contributed by atoms with Gasteiger partial charge in [-0.15, -0.1) is 4.91 Å². The molecule has 23 heavy (non-hydrogen) atoms. The molecule has 3 aromatic rings. The van der Waals surface area contributed by atoms with Crippen LogP contribution < -0.4 is 5.32 Å². The highest BCUT2D eigenvalue weighted by Crippen LogP contribution is 2.34. The third-order valence-corrected chi connectivity index (χ3v) is 3.73. The fourth-order valence-corrected chi connectivity index (χ4v) is 2.60. The predicted octanol–water partition coefficient (Wildman–Crippen LogP) is 4.85. The molecule has 1 amide bonds. The van der Waals surface area contributed by atoms with Gasteiger partial charge in [0.05, 0.1) is 5.56 Å². The number of nitrogens with zero attached hydrogens (tertiary/aromatic N) is 1. The highest BCUT2D eigenvalue weighted by molar-refractivity contribution is 6.36. The van der Waals surface area contributed by atoms with Gasteiger partial charge in [-0.25, -0.2) is 0 Å². The van der Waals surface area contributed by atoms with Crippen LogP contribution in [0.1, 0.15) is 10.4 Å². The number of phenols is 1. The van der Waals surface area contributed by atoms with Gasteiger partial charge in [0.15, 0.2) is 0 Å². The van der Waals surface area contributed by atoms with Crippen molar-refractivity contribution >= 4 is 39.7 Å². The Bertz CT molecular complexity index is 925. The Morgan fingerprint density at radius 2 is 1.78 bits per heavy atom. The maximum absolute atomic E-state index is 12.4. The summed E-state index contributed by atoms with van der Waals surface area (Å²) in [6.45, 7) is 0. The third kappa shape index (κ3) is 2.86. The lowest BCUT2D eigenvalue weighted by molar-refractivity contribution is 0.102. The summed E-state index contributed by atoms with van der Waals surface area (Å²) < 4.78 is 0. The Hall–Kier alpha value is -2.92. The Balaban J connectivity index is 2.00. The van der Waals surface area contributed by atoms with Crippen molar-refractivity contribution in [3.05, 3.63) is 70.1 Å². The lowest BCUT2D eigenvalue weighted by Crippen LogP contribution is -2.12. The number of benzene rings is 3. The Morgan fingerprint density at radius 1 is 1.04 bits per heavy atom. The molecule has 0 atom stereocenters. The zero-order valence-corrected chi connectivity index (χ0v) is 12.5. The van der Waals surface area contributed by atoms with Gasteiger partial charge in [0, 0.05) is 21.5 Å². The summed E-state index contributed by atoms with van der Waals surface area (Å²) in [4.78, 5) is 22.9. The molecule has 0 fully saturated rings. The average Bonchev–Trinajstić information content (AvgIpc) is 2.58. The molecule has 114 valence electrons. The van der Waals surface area contributed by atoms with Crippen LogP contribution in [0.25, 0.3) is 10.8 Å². The molecule has 0 aromatic heterocycles. The first-order valence-electron chi connectivity index (χ1n) is 6.75. The van der Waals surface area contributed by atoms with E-state index in [4.69, 9.17) is 11.6 Å². The van der Waals surface area contributed by atoms with E-state index in [0.29, 0.717) is 21.5 Å². The number of hydrogen-bond donors (Lipinski definition) is 2. The molecule has 6 heteroatoms. The van der Waals surface area contributed by atoms with E-state index in [-0.39, 0.29) is 17.0 Å². The molecular formula is C17H11ClN2O3. The molecule has 0 unspecified atom stereocenters. The van der Waals surface area contributed by atoms with Crippen LogP contribution in [0.5, 0.6) is 5.75 Å². The van der Waals surface area contributed by atoms with Crippen molar-refractivity contribution in [3.63, 3.8) is 0 Å². The first-order valence-corrected chi connectivity index (χ1v) is 7.13. The number of fused-ring (bicyclic) bond motifs is 1. The molecule has 3 aromatic carbocycles. The summed E-state index contributed by atoms with van der Waals surface area (Å²) in [5.74, 6) is -0.676. The SMILES string of the molecule is O=Nc1cccc(NC(=O)c2cc(Cl)c3ccccc3c2O)c1. The number of nitrogens with one attached hydrogen (secondary N) is 1. The topological polar surface area (TPSA) is 78.8 Å². The number of aromatic hydroxyl groups is 1. The molecule has 0 bridgehead atoms. The summed E-state index contributed by atoms with van der Waals surface area (Å²) in [5.41, 5.74) is 0.650. The normalized spacial score (nSPS) is 10.5. The van der Waals surface area contributed by atoms with E-state index in [9.17, 15) is 14.8 Å². The van der Waals surface area contributed by atoms with Crippen LogP contribution in [0, 0.1) is 4.91 Å². The zero-order chi connectivity index (χ0) is 16.4. The first-order chi connectivity index (χ1) is 11.1. The molecule has 0 aliphatic heterocycles. The minimum atomic E-state index is -0.529. The number of carbonyl (C=O) groups excluding carboxylic acids is 1. The summed E-state index contributed by atoms with van der Waals surface area (Å²) in [6.07, 6.45) is 0. The van der Waals surface area contributed by atoms with Gasteiger partial charge < -0.3 is 10.4 Å². The monoisotopic (exact) mass is 326 g/mol. The highest BCUT2D eigenvalue weighted by Gasteiger charge is 2.16. The maximum atomic E-state index is 12.4. The molecule has 0 radical (unpaired) electrons. The minimum Gasteiger partial charge on any atom is -0.506 e. The van der Waals surface area contributed by atoms with Gasteiger partial charge in [0.1, 0.15) is 11.4 Å². The molecule has 0 aliphatic carbocycles. The van der Waals surface area contributed by atoms with Crippen LogP contribution in [0.3, 0.4) is 0 Å². The summed E-state index contributed by atoms with van der Waals surface area (Å²) in [7, 11) is 0. The smallest absolute Gasteiger partial charge is 0.259 e. The van der Waals surface area contributed by atoms with Crippen molar-refractivity contribution in [3.8, 4) is 5.75 Å². The van der Waals surface area contributed by atoms with Crippen molar-refractivity contribution in [2.24, 2.45) is 5.18 Å². The standard InChI is InChI=1S/C17H11ClN2O3/c18-15-9-14(16(21)13-7-2-1-6-12(13)15)17(22)19-10-4-3-5-11(8-10)20-23/h1-9,21H,(H,19,22).